The van der Waals surface area contributed by atoms with Gasteiger partial charge in [-0.2, -0.15) is 0 Å². The molecule has 97 heavy (non-hydrogen) atoms. The normalized spacial score (nSPS) is 14.5. The van der Waals surface area contributed by atoms with Gasteiger partial charge in [-0.1, -0.05) is 356 Å². The molecule has 0 radical (unpaired) electrons. The van der Waals surface area contributed by atoms with Crippen LogP contribution >= 0.6 is 15.6 Å². The third-order valence-corrected chi connectivity index (χ3v) is 20.8. The van der Waals surface area contributed by atoms with Crippen molar-refractivity contribution in [1.82, 2.24) is 0 Å². The molecular formula is C78H152O17P2. The molecule has 0 aromatic carbocycles. The summed E-state index contributed by atoms with van der Waals surface area (Å²) in [5.74, 6) is -0.535. The van der Waals surface area contributed by atoms with E-state index in [-0.39, 0.29) is 25.7 Å². The van der Waals surface area contributed by atoms with E-state index in [9.17, 15) is 43.2 Å². The number of hydrogen-bond donors (Lipinski definition) is 3. The van der Waals surface area contributed by atoms with Crippen LogP contribution in [0.3, 0.4) is 0 Å². The summed E-state index contributed by atoms with van der Waals surface area (Å²) in [4.78, 5) is 72.9. The lowest BCUT2D eigenvalue weighted by Gasteiger charge is -2.21. The van der Waals surface area contributed by atoms with Crippen molar-refractivity contribution in [2.75, 3.05) is 39.6 Å². The topological polar surface area (TPSA) is 237 Å². The summed E-state index contributed by atoms with van der Waals surface area (Å²) in [6.07, 6.45) is 58.1. The first kappa shape index (κ1) is 95.1. The Hall–Kier alpha value is -1.94. The highest BCUT2D eigenvalue weighted by atomic mass is 31.2. The van der Waals surface area contributed by atoms with E-state index in [4.69, 9.17) is 37.0 Å². The number of hydrogen-bond acceptors (Lipinski definition) is 15. The zero-order valence-electron chi connectivity index (χ0n) is 63.4. The van der Waals surface area contributed by atoms with Crippen LogP contribution < -0.4 is 0 Å². The molecule has 19 heteroatoms. The van der Waals surface area contributed by atoms with Crippen molar-refractivity contribution in [2.45, 2.75) is 426 Å². The molecule has 0 fully saturated rings. The van der Waals surface area contributed by atoms with Gasteiger partial charge in [0.05, 0.1) is 26.4 Å². The number of ether oxygens (including phenoxy) is 4. The van der Waals surface area contributed by atoms with Crippen molar-refractivity contribution in [3.8, 4) is 0 Å². The Morgan fingerprint density at radius 1 is 0.289 bits per heavy atom. The average Bonchev–Trinajstić information content (AvgIpc) is 1.15. The molecule has 0 aliphatic rings. The Bertz CT molecular complexity index is 1880. The van der Waals surface area contributed by atoms with E-state index in [2.05, 4.69) is 41.5 Å². The summed E-state index contributed by atoms with van der Waals surface area (Å²) in [7, 11) is -9.91. The predicted molar refractivity (Wildman–Crippen MR) is 395 cm³/mol. The molecule has 7 atom stereocenters. The van der Waals surface area contributed by atoms with Crippen LogP contribution in [-0.4, -0.2) is 96.7 Å². The van der Waals surface area contributed by atoms with Crippen LogP contribution in [0.1, 0.15) is 408 Å². The number of aliphatic hydroxyl groups excluding tert-OH is 1. The maximum absolute atomic E-state index is 13.1. The number of carbonyl (C=O) groups excluding carboxylic acids is 4. The molecule has 0 bridgehead atoms. The lowest BCUT2D eigenvalue weighted by atomic mass is 9.99. The van der Waals surface area contributed by atoms with Crippen molar-refractivity contribution < 1.29 is 80.2 Å². The van der Waals surface area contributed by atoms with Crippen LogP contribution in [0.4, 0.5) is 0 Å². The molecule has 0 aromatic heterocycles. The van der Waals surface area contributed by atoms with Gasteiger partial charge in [-0.05, 0) is 37.5 Å². The van der Waals surface area contributed by atoms with Gasteiger partial charge in [-0.15, -0.1) is 0 Å². The third-order valence-electron chi connectivity index (χ3n) is 18.9. The smallest absolute Gasteiger partial charge is 0.462 e. The lowest BCUT2D eigenvalue weighted by molar-refractivity contribution is -0.161. The minimum absolute atomic E-state index is 0.105. The van der Waals surface area contributed by atoms with E-state index in [1.54, 1.807) is 0 Å². The van der Waals surface area contributed by atoms with Gasteiger partial charge in [0.1, 0.15) is 19.3 Å². The van der Waals surface area contributed by atoms with E-state index >= 15 is 0 Å². The van der Waals surface area contributed by atoms with Gasteiger partial charge in [0, 0.05) is 25.7 Å². The predicted octanol–water partition coefficient (Wildman–Crippen LogP) is 23.1. The second kappa shape index (κ2) is 69.8. The van der Waals surface area contributed by atoms with Crippen LogP contribution in [-0.2, 0) is 65.4 Å². The van der Waals surface area contributed by atoms with Crippen LogP contribution in [0.25, 0.3) is 0 Å². The first-order valence-electron chi connectivity index (χ1n) is 40.6. The summed E-state index contributed by atoms with van der Waals surface area (Å²) in [5.41, 5.74) is 0. The number of phosphoric ester groups is 2. The highest BCUT2D eigenvalue weighted by Gasteiger charge is 2.30. The number of esters is 4. The molecule has 0 rings (SSSR count). The van der Waals surface area contributed by atoms with Crippen molar-refractivity contribution >= 4 is 39.5 Å². The van der Waals surface area contributed by atoms with E-state index in [1.165, 1.54) is 225 Å². The Labute approximate surface area is 594 Å². The van der Waals surface area contributed by atoms with Crippen LogP contribution in [0, 0.1) is 11.8 Å². The van der Waals surface area contributed by atoms with Gasteiger partial charge in [0.15, 0.2) is 12.2 Å². The van der Waals surface area contributed by atoms with Gasteiger partial charge >= 0.3 is 39.5 Å². The molecule has 576 valence electrons. The molecule has 0 amide bonds. The molecule has 0 aromatic rings. The number of phosphoric acid groups is 2. The molecule has 0 spiro atoms. The third kappa shape index (κ3) is 69.5. The van der Waals surface area contributed by atoms with Crippen molar-refractivity contribution in [1.29, 1.82) is 0 Å². The summed E-state index contributed by atoms with van der Waals surface area (Å²) in [5, 5.41) is 10.6. The molecule has 0 saturated carbocycles. The maximum Gasteiger partial charge on any atom is 0.472 e. The Kier molecular flexibility index (Phi) is 68.4. The van der Waals surface area contributed by atoms with Gasteiger partial charge in [0.25, 0.3) is 0 Å². The average molecular weight is 1420 g/mol. The van der Waals surface area contributed by atoms with E-state index in [0.717, 1.165) is 102 Å². The zero-order chi connectivity index (χ0) is 71.4. The fourth-order valence-electron chi connectivity index (χ4n) is 11.9. The minimum atomic E-state index is -4.96. The minimum Gasteiger partial charge on any atom is -0.462 e. The van der Waals surface area contributed by atoms with Gasteiger partial charge < -0.3 is 33.8 Å². The Balaban J connectivity index is 5.23. The summed E-state index contributed by atoms with van der Waals surface area (Å²) in [6, 6.07) is 0. The molecule has 0 saturated heterocycles. The van der Waals surface area contributed by atoms with Gasteiger partial charge in [-0.3, -0.25) is 37.3 Å². The van der Waals surface area contributed by atoms with Crippen molar-refractivity contribution in [3.05, 3.63) is 0 Å². The monoisotopic (exact) mass is 1420 g/mol. The molecular weight excluding hydrogens is 1270 g/mol. The molecule has 17 nitrogen and oxygen atoms in total. The molecule has 0 aliphatic heterocycles. The first-order chi connectivity index (χ1) is 46.9. The number of rotatable bonds is 77. The van der Waals surface area contributed by atoms with Crippen LogP contribution in [0.2, 0.25) is 0 Å². The van der Waals surface area contributed by atoms with Gasteiger partial charge in [-0.25, -0.2) is 9.13 Å². The largest absolute Gasteiger partial charge is 0.472 e. The number of unbranched alkanes of at least 4 members (excludes halogenated alkanes) is 45. The Morgan fingerprint density at radius 3 is 0.732 bits per heavy atom. The van der Waals surface area contributed by atoms with Crippen molar-refractivity contribution in [2.24, 2.45) is 11.8 Å². The lowest BCUT2D eigenvalue weighted by Crippen LogP contribution is -2.30. The van der Waals surface area contributed by atoms with Crippen molar-refractivity contribution in [3.63, 3.8) is 0 Å². The highest BCUT2D eigenvalue weighted by Crippen LogP contribution is 2.45. The molecule has 0 aliphatic carbocycles. The maximum atomic E-state index is 13.1. The fourth-order valence-corrected chi connectivity index (χ4v) is 13.5. The zero-order valence-corrected chi connectivity index (χ0v) is 65.2. The number of carbonyl (C=O) groups is 4. The summed E-state index contributed by atoms with van der Waals surface area (Å²) in [6.45, 7) is 9.63. The fraction of sp³-hybridized carbons (Fsp3) is 0.949. The highest BCUT2D eigenvalue weighted by molar-refractivity contribution is 7.47. The van der Waals surface area contributed by atoms with E-state index in [1.807, 2.05) is 0 Å². The summed E-state index contributed by atoms with van der Waals surface area (Å²) < 4.78 is 68.6. The molecule has 0 heterocycles. The van der Waals surface area contributed by atoms with Crippen LogP contribution in [0.5, 0.6) is 0 Å². The summed E-state index contributed by atoms with van der Waals surface area (Å²) >= 11 is 0. The Morgan fingerprint density at radius 2 is 0.495 bits per heavy atom. The van der Waals surface area contributed by atoms with Gasteiger partial charge in [0.2, 0.25) is 0 Å². The molecule has 4 unspecified atom stereocenters. The second-order valence-electron chi connectivity index (χ2n) is 28.6. The standard InChI is InChI=1S/C78H152O17P2/c1-7-11-13-15-17-19-21-22-23-24-25-26-27-28-29-31-37-44-50-56-62-77(82)94-73(66-89-76(81)61-55-49-43-36-33-32-34-40-46-52-58-70(5)9-3)68-92-96(84,85)90-64-72(79)65-91-97(86,87)93-69-74(67-88-75(80)60-54-48-42-35-30-20-18-16-14-12-8-2)95-78(83)63-57-51-45-39-38-41-47-53-59-71(6)10-4/h70-74,79H,7-69H2,1-6H3,(H,84,85)(H,86,87)/t70?,71?,72-,73-,74-/m1/s1. The molecule has 3 N–H and O–H groups in total. The van der Waals surface area contributed by atoms with Crippen LogP contribution in [0.15, 0.2) is 0 Å². The number of aliphatic hydroxyl groups is 1. The SMILES string of the molecule is CCCCCCCCCCCCCCCCCCCCCCC(=O)O[C@H](COC(=O)CCCCCCCCCCCCC(C)CC)COP(=O)(O)OC[C@@H](O)COP(=O)(O)OC[C@@H](COC(=O)CCCCCCCCCCCCC)OC(=O)CCCCCCCCCCC(C)CC. The quantitative estimate of drug-likeness (QED) is 0.0222. The first-order valence-corrected chi connectivity index (χ1v) is 43.6. The second-order valence-corrected chi connectivity index (χ2v) is 31.5. The van der Waals surface area contributed by atoms with E-state index in [0.29, 0.717) is 25.7 Å². The van der Waals surface area contributed by atoms with E-state index < -0.39 is 97.5 Å².